The third-order valence-corrected chi connectivity index (χ3v) is 4.33. The van der Waals surface area contributed by atoms with Crippen LogP contribution in [0, 0.1) is 5.92 Å². The molecular weight excluding hydrogens is 306 g/mol. The largest absolute Gasteiger partial charge is 0.488 e. The van der Waals surface area contributed by atoms with Gasteiger partial charge in [0.2, 0.25) is 0 Å². The third-order valence-electron chi connectivity index (χ3n) is 4.09. The van der Waals surface area contributed by atoms with Gasteiger partial charge in [-0.25, -0.2) is 0 Å². The van der Waals surface area contributed by atoms with Crippen LogP contribution in [0.4, 0.5) is 0 Å². The van der Waals surface area contributed by atoms with E-state index in [-0.39, 0.29) is 24.5 Å². The van der Waals surface area contributed by atoms with Crippen molar-refractivity contribution in [3.63, 3.8) is 0 Å². The molecule has 22 heavy (non-hydrogen) atoms. The van der Waals surface area contributed by atoms with Crippen LogP contribution >= 0.6 is 11.6 Å². The summed E-state index contributed by atoms with van der Waals surface area (Å²) in [6, 6.07) is 5.18. The Labute approximate surface area is 132 Å². The van der Waals surface area contributed by atoms with E-state index in [9.17, 15) is 9.59 Å². The summed E-state index contributed by atoms with van der Waals surface area (Å²) in [5, 5.41) is 12.5. The normalized spacial score (nSPS) is 23.2. The van der Waals surface area contributed by atoms with Gasteiger partial charge in [-0.1, -0.05) is 11.6 Å². The molecule has 2 aliphatic rings. The van der Waals surface area contributed by atoms with Crippen molar-refractivity contribution in [1.29, 1.82) is 0 Å². The number of hydrogen-bond acceptors (Lipinski definition) is 3. The summed E-state index contributed by atoms with van der Waals surface area (Å²) in [4.78, 5) is 23.2. The predicted octanol–water partition coefficient (Wildman–Crippen LogP) is 2.49. The van der Waals surface area contributed by atoms with Crippen LogP contribution in [-0.2, 0) is 9.59 Å². The summed E-state index contributed by atoms with van der Waals surface area (Å²) in [7, 11) is 0. The Morgan fingerprint density at radius 3 is 2.86 bits per heavy atom. The molecule has 1 amide bonds. The molecule has 1 aromatic carbocycles. The van der Waals surface area contributed by atoms with Gasteiger partial charge in [0.1, 0.15) is 12.4 Å². The number of benzene rings is 1. The van der Waals surface area contributed by atoms with E-state index in [4.69, 9.17) is 21.4 Å². The molecule has 1 heterocycles. The van der Waals surface area contributed by atoms with Crippen LogP contribution < -0.4 is 10.1 Å². The number of aliphatic carboxylic acids is 1. The smallest absolute Gasteiger partial charge is 0.306 e. The summed E-state index contributed by atoms with van der Waals surface area (Å²) in [6.07, 6.45) is 3.55. The first kappa shape index (κ1) is 14.9. The first-order valence-electron chi connectivity index (χ1n) is 7.19. The van der Waals surface area contributed by atoms with Crippen LogP contribution in [-0.4, -0.2) is 29.6 Å². The van der Waals surface area contributed by atoms with E-state index in [1.54, 1.807) is 24.3 Å². The zero-order valence-electron chi connectivity index (χ0n) is 11.8. The third kappa shape index (κ3) is 3.09. The lowest BCUT2D eigenvalue weighted by Gasteiger charge is -2.19. The molecule has 1 fully saturated rings. The minimum atomic E-state index is -0.791. The Kier molecular flexibility index (Phi) is 4.07. The van der Waals surface area contributed by atoms with E-state index in [2.05, 4.69) is 5.32 Å². The van der Waals surface area contributed by atoms with Crippen molar-refractivity contribution >= 4 is 29.6 Å². The van der Waals surface area contributed by atoms with E-state index in [0.29, 0.717) is 35.6 Å². The Balaban J connectivity index is 1.67. The van der Waals surface area contributed by atoms with E-state index < -0.39 is 5.97 Å². The SMILES string of the molecule is O=C(N[C@H]1CC[C@@H](C(=O)O)C1)C1=Cc2cc(Cl)ccc2OC1. The Morgan fingerprint density at radius 1 is 1.32 bits per heavy atom. The number of rotatable bonds is 3. The number of carboxylic acid groups (broad SMARTS) is 1. The van der Waals surface area contributed by atoms with Gasteiger partial charge in [0.05, 0.1) is 11.5 Å². The number of carboxylic acids is 1. The maximum absolute atomic E-state index is 12.3. The molecule has 1 aliphatic heterocycles. The average molecular weight is 322 g/mol. The minimum Gasteiger partial charge on any atom is -0.488 e. The number of carbonyl (C=O) groups is 2. The molecule has 0 spiro atoms. The summed E-state index contributed by atoms with van der Waals surface area (Å²) >= 11 is 5.95. The number of carbonyl (C=O) groups excluding carboxylic acids is 1. The zero-order valence-corrected chi connectivity index (χ0v) is 12.6. The van der Waals surface area contributed by atoms with Crippen LogP contribution in [0.5, 0.6) is 5.75 Å². The fourth-order valence-corrected chi connectivity index (χ4v) is 3.08. The molecule has 1 aliphatic carbocycles. The molecule has 0 aromatic heterocycles. The second-order valence-electron chi connectivity index (χ2n) is 5.66. The van der Waals surface area contributed by atoms with Crippen molar-refractivity contribution in [3.05, 3.63) is 34.4 Å². The lowest BCUT2D eigenvalue weighted by atomic mass is 10.1. The minimum absolute atomic E-state index is 0.0877. The molecule has 1 saturated carbocycles. The van der Waals surface area contributed by atoms with Gasteiger partial charge in [0.15, 0.2) is 0 Å². The molecule has 0 unspecified atom stereocenters. The second-order valence-corrected chi connectivity index (χ2v) is 6.10. The molecule has 0 bridgehead atoms. The van der Waals surface area contributed by atoms with E-state index in [0.717, 1.165) is 5.56 Å². The monoisotopic (exact) mass is 321 g/mol. The van der Waals surface area contributed by atoms with Crippen molar-refractivity contribution in [2.45, 2.75) is 25.3 Å². The van der Waals surface area contributed by atoms with Crippen LogP contribution in [0.2, 0.25) is 5.02 Å². The fraction of sp³-hybridized carbons (Fsp3) is 0.375. The van der Waals surface area contributed by atoms with Gasteiger partial charge in [-0.3, -0.25) is 9.59 Å². The van der Waals surface area contributed by atoms with Crippen LogP contribution in [0.3, 0.4) is 0 Å². The molecule has 116 valence electrons. The van der Waals surface area contributed by atoms with Gasteiger partial charge in [0, 0.05) is 16.6 Å². The summed E-state index contributed by atoms with van der Waals surface area (Å²) in [5.41, 5.74) is 1.30. The van der Waals surface area contributed by atoms with Gasteiger partial charge in [-0.2, -0.15) is 0 Å². The van der Waals surface area contributed by atoms with Crippen molar-refractivity contribution in [1.82, 2.24) is 5.32 Å². The highest BCUT2D eigenvalue weighted by Gasteiger charge is 2.31. The van der Waals surface area contributed by atoms with Gasteiger partial charge in [0.25, 0.3) is 5.91 Å². The maximum atomic E-state index is 12.3. The predicted molar refractivity (Wildman–Crippen MR) is 81.8 cm³/mol. The van der Waals surface area contributed by atoms with Crippen LogP contribution in [0.25, 0.3) is 6.08 Å². The van der Waals surface area contributed by atoms with Crippen molar-refractivity contribution in [3.8, 4) is 5.75 Å². The average Bonchev–Trinajstić information content (AvgIpc) is 2.95. The first-order chi connectivity index (χ1) is 10.5. The highest BCUT2D eigenvalue weighted by Crippen LogP contribution is 2.30. The quantitative estimate of drug-likeness (QED) is 0.897. The molecule has 6 heteroatoms. The number of halogens is 1. The topological polar surface area (TPSA) is 75.6 Å². The highest BCUT2D eigenvalue weighted by atomic mass is 35.5. The fourth-order valence-electron chi connectivity index (χ4n) is 2.89. The van der Waals surface area contributed by atoms with Crippen molar-refractivity contribution in [2.75, 3.05) is 6.61 Å². The van der Waals surface area contributed by atoms with E-state index in [1.165, 1.54) is 0 Å². The molecule has 0 saturated heterocycles. The molecule has 1 aromatic rings. The zero-order chi connectivity index (χ0) is 15.7. The molecule has 3 rings (SSSR count). The highest BCUT2D eigenvalue weighted by molar-refractivity contribution is 6.30. The summed E-state index contributed by atoms with van der Waals surface area (Å²) in [5.74, 6) is -0.656. The van der Waals surface area contributed by atoms with Gasteiger partial charge in [-0.15, -0.1) is 0 Å². The van der Waals surface area contributed by atoms with E-state index >= 15 is 0 Å². The van der Waals surface area contributed by atoms with Gasteiger partial charge in [-0.05, 0) is 43.5 Å². The van der Waals surface area contributed by atoms with Crippen LogP contribution in [0.1, 0.15) is 24.8 Å². The molecule has 2 N–H and O–H groups in total. The number of fused-ring (bicyclic) bond motifs is 1. The first-order valence-corrected chi connectivity index (χ1v) is 7.57. The molecule has 0 radical (unpaired) electrons. The molecule has 2 atom stereocenters. The Morgan fingerprint density at radius 2 is 2.14 bits per heavy atom. The van der Waals surface area contributed by atoms with Crippen molar-refractivity contribution in [2.24, 2.45) is 5.92 Å². The van der Waals surface area contributed by atoms with Gasteiger partial charge >= 0.3 is 5.97 Å². The summed E-state index contributed by atoms with van der Waals surface area (Å²) in [6.45, 7) is 0.204. The number of ether oxygens (including phenoxy) is 1. The standard InChI is InChI=1S/C16H16ClNO4/c17-12-2-4-14-10(6-12)5-11(8-22-14)15(19)18-13-3-1-9(7-13)16(20)21/h2,4-6,9,13H,1,3,7-8H2,(H,18,19)(H,20,21)/t9-,13+/m1/s1. The lowest BCUT2D eigenvalue weighted by Crippen LogP contribution is -2.36. The van der Waals surface area contributed by atoms with Gasteiger partial charge < -0.3 is 15.2 Å². The number of nitrogens with one attached hydrogen (secondary N) is 1. The maximum Gasteiger partial charge on any atom is 0.306 e. The Bertz CT molecular complexity index is 656. The lowest BCUT2D eigenvalue weighted by molar-refractivity contribution is -0.141. The molecular formula is C16H16ClNO4. The number of hydrogen-bond donors (Lipinski definition) is 2. The van der Waals surface area contributed by atoms with E-state index in [1.807, 2.05) is 0 Å². The molecule has 5 nitrogen and oxygen atoms in total. The second kappa shape index (κ2) is 6.01. The Hall–Kier alpha value is -2.01. The summed E-state index contributed by atoms with van der Waals surface area (Å²) < 4.78 is 5.55. The van der Waals surface area contributed by atoms with Crippen LogP contribution in [0.15, 0.2) is 23.8 Å². The number of amides is 1. The van der Waals surface area contributed by atoms with Crippen molar-refractivity contribution < 1.29 is 19.4 Å².